The van der Waals surface area contributed by atoms with E-state index >= 15 is 0 Å². The second-order valence-corrected chi connectivity index (χ2v) is 7.84. The molecule has 23 heavy (non-hydrogen) atoms. The molecule has 0 bridgehead atoms. The Labute approximate surface area is 137 Å². The zero-order chi connectivity index (χ0) is 17.5. The maximum absolute atomic E-state index is 12.0. The molecule has 1 rings (SSSR count). The van der Waals surface area contributed by atoms with Crippen molar-refractivity contribution in [2.24, 2.45) is 4.99 Å². The summed E-state index contributed by atoms with van der Waals surface area (Å²) in [5.41, 5.74) is 0. The zero-order valence-electron chi connectivity index (χ0n) is 12.7. The Balaban J connectivity index is 2.32. The van der Waals surface area contributed by atoms with E-state index in [-0.39, 0.29) is 29.8 Å². The van der Waals surface area contributed by atoms with Gasteiger partial charge in [0.1, 0.15) is 4.21 Å². The number of hydrogen-bond acceptors (Lipinski definition) is 4. The fourth-order valence-electron chi connectivity index (χ4n) is 1.54. The van der Waals surface area contributed by atoms with Crippen molar-refractivity contribution >= 4 is 27.3 Å². The van der Waals surface area contributed by atoms with Crippen LogP contribution in [-0.2, 0) is 10.0 Å². The number of halogens is 3. The van der Waals surface area contributed by atoms with Crippen molar-refractivity contribution in [2.75, 3.05) is 26.7 Å². The normalized spacial score (nSPS) is 13.2. The third-order valence-electron chi connectivity index (χ3n) is 2.61. The summed E-state index contributed by atoms with van der Waals surface area (Å²) < 4.78 is 62.6. The van der Waals surface area contributed by atoms with Gasteiger partial charge in [0, 0.05) is 31.6 Å². The van der Waals surface area contributed by atoms with Crippen LogP contribution in [0.25, 0.3) is 0 Å². The van der Waals surface area contributed by atoms with Gasteiger partial charge in [0.15, 0.2) is 5.96 Å². The van der Waals surface area contributed by atoms with Crippen LogP contribution in [0.15, 0.2) is 21.3 Å². The molecule has 0 fully saturated rings. The highest BCUT2D eigenvalue weighted by Crippen LogP contribution is 2.20. The number of aryl methyl sites for hydroxylation is 1. The van der Waals surface area contributed by atoms with Gasteiger partial charge in [0.05, 0.1) is 6.42 Å². The van der Waals surface area contributed by atoms with E-state index in [2.05, 4.69) is 20.3 Å². The van der Waals surface area contributed by atoms with Gasteiger partial charge in [-0.05, 0) is 19.1 Å². The van der Waals surface area contributed by atoms with Crippen molar-refractivity contribution in [1.82, 2.24) is 15.4 Å². The highest BCUT2D eigenvalue weighted by molar-refractivity contribution is 7.91. The summed E-state index contributed by atoms with van der Waals surface area (Å²) in [5.74, 6) is 0.181. The largest absolute Gasteiger partial charge is 0.390 e. The highest BCUT2D eigenvalue weighted by atomic mass is 32.2. The predicted octanol–water partition coefficient (Wildman–Crippen LogP) is 1.45. The first kappa shape index (κ1) is 19.7. The lowest BCUT2D eigenvalue weighted by Gasteiger charge is -2.13. The summed E-state index contributed by atoms with van der Waals surface area (Å²) in [6.45, 7) is 1.78. The molecule has 0 saturated heterocycles. The predicted molar refractivity (Wildman–Crippen MR) is 84.3 cm³/mol. The van der Waals surface area contributed by atoms with Crippen LogP contribution in [0.1, 0.15) is 11.3 Å². The lowest BCUT2D eigenvalue weighted by molar-refractivity contribution is -0.132. The first-order valence-electron chi connectivity index (χ1n) is 6.71. The molecule has 0 aliphatic heterocycles. The summed E-state index contributed by atoms with van der Waals surface area (Å²) in [5, 5.41) is 5.24. The average Bonchev–Trinajstić information content (AvgIpc) is 2.87. The molecule has 3 N–H and O–H groups in total. The molecule has 1 aromatic rings. The quantitative estimate of drug-likeness (QED) is 0.384. The van der Waals surface area contributed by atoms with Crippen LogP contribution < -0.4 is 15.4 Å². The Hall–Kier alpha value is -1.33. The second-order valence-electron chi connectivity index (χ2n) is 4.55. The van der Waals surface area contributed by atoms with Crippen molar-refractivity contribution < 1.29 is 21.6 Å². The van der Waals surface area contributed by atoms with Gasteiger partial charge in [-0.2, -0.15) is 13.2 Å². The maximum atomic E-state index is 12.0. The number of thiophene rings is 1. The topological polar surface area (TPSA) is 82.6 Å². The van der Waals surface area contributed by atoms with Gasteiger partial charge >= 0.3 is 6.18 Å². The van der Waals surface area contributed by atoms with E-state index in [1.54, 1.807) is 6.07 Å². The minimum atomic E-state index is -4.24. The first-order valence-corrected chi connectivity index (χ1v) is 9.01. The molecule has 0 amide bonds. The van der Waals surface area contributed by atoms with Crippen LogP contribution in [0.3, 0.4) is 0 Å². The summed E-state index contributed by atoms with van der Waals surface area (Å²) in [4.78, 5) is 4.64. The van der Waals surface area contributed by atoms with E-state index in [0.29, 0.717) is 0 Å². The third-order valence-corrected chi connectivity index (χ3v) is 5.57. The minimum Gasteiger partial charge on any atom is -0.356 e. The van der Waals surface area contributed by atoms with Crippen LogP contribution in [0, 0.1) is 6.92 Å². The van der Waals surface area contributed by atoms with E-state index in [0.717, 1.165) is 16.2 Å². The zero-order valence-corrected chi connectivity index (χ0v) is 14.3. The van der Waals surface area contributed by atoms with Gasteiger partial charge in [-0.3, -0.25) is 4.99 Å². The van der Waals surface area contributed by atoms with Gasteiger partial charge in [0.25, 0.3) is 0 Å². The molecule has 11 heteroatoms. The van der Waals surface area contributed by atoms with Crippen LogP contribution in [0.2, 0.25) is 0 Å². The van der Waals surface area contributed by atoms with E-state index in [9.17, 15) is 21.6 Å². The number of alkyl halides is 3. The standard InChI is InChI=1S/C12H19F3N4O2S2/c1-9-3-4-10(22-9)23(20,21)19-8-7-18-11(16-2)17-6-5-12(13,14)15/h3-4,19H,5-8H2,1-2H3,(H2,16,17,18). The molecular formula is C12H19F3N4O2S2. The Morgan fingerprint density at radius 2 is 1.87 bits per heavy atom. The Morgan fingerprint density at radius 1 is 1.22 bits per heavy atom. The average molecular weight is 372 g/mol. The monoisotopic (exact) mass is 372 g/mol. The van der Waals surface area contributed by atoms with Crippen molar-refractivity contribution in [3.63, 3.8) is 0 Å². The Bertz CT molecular complexity index is 626. The number of guanidine groups is 1. The van der Waals surface area contributed by atoms with Gasteiger partial charge in [-0.15, -0.1) is 11.3 Å². The van der Waals surface area contributed by atoms with Gasteiger partial charge in [-0.1, -0.05) is 0 Å². The van der Waals surface area contributed by atoms with E-state index in [1.165, 1.54) is 13.1 Å². The SMILES string of the molecule is CN=C(NCCNS(=O)(=O)c1ccc(C)s1)NCCC(F)(F)F. The molecule has 0 aliphatic rings. The number of aliphatic imine (C=N–C) groups is 1. The molecular weight excluding hydrogens is 353 g/mol. The molecule has 1 heterocycles. The van der Waals surface area contributed by atoms with Crippen molar-refractivity contribution in [3.8, 4) is 0 Å². The molecule has 0 unspecified atom stereocenters. The van der Waals surface area contributed by atoms with Crippen LogP contribution >= 0.6 is 11.3 Å². The second kappa shape index (κ2) is 8.50. The molecule has 0 aromatic carbocycles. The summed E-state index contributed by atoms with van der Waals surface area (Å²) in [7, 11) is -2.14. The van der Waals surface area contributed by atoms with Gasteiger partial charge in [0.2, 0.25) is 10.0 Å². The molecule has 0 saturated carbocycles. The number of hydrogen-bond donors (Lipinski definition) is 3. The maximum Gasteiger partial charge on any atom is 0.390 e. The lowest BCUT2D eigenvalue weighted by atomic mass is 10.4. The smallest absolute Gasteiger partial charge is 0.356 e. The van der Waals surface area contributed by atoms with Gasteiger partial charge in [-0.25, -0.2) is 13.1 Å². The number of rotatable bonds is 7. The summed E-state index contributed by atoms with van der Waals surface area (Å²) in [6, 6.07) is 3.23. The molecule has 0 aliphatic carbocycles. The molecule has 0 atom stereocenters. The Morgan fingerprint density at radius 3 is 2.39 bits per heavy atom. The summed E-state index contributed by atoms with van der Waals surface area (Å²) >= 11 is 1.16. The number of nitrogens with zero attached hydrogens (tertiary/aromatic N) is 1. The van der Waals surface area contributed by atoms with Crippen molar-refractivity contribution in [1.29, 1.82) is 0 Å². The first-order chi connectivity index (χ1) is 10.6. The summed E-state index contributed by atoms with van der Waals surface area (Å²) in [6.07, 6.45) is -5.21. The van der Waals surface area contributed by atoms with Gasteiger partial charge < -0.3 is 10.6 Å². The Kier molecular flexibility index (Phi) is 7.29. The van der Waals surface area contributed by atoms with Crippen LogP contribution in [0.5, 0.6) is 0 Å². The number of sulfonamides is 1. The fourth-order valence-corrected chi connectivity index (χ4v) is 3.90. The minimum absolute atomic E-state index is 0.0826. The fraction of sp³-hybridized carbons (Fsp3) is 0.583. The molecule has 1 aromatic heterocycles. The van der Waals surface area contributed by atoms with Crippen molar-refractivity contribution in [2.45, 2.75) is 23.7 Å². The van der Waals surface area contributed by atoms with E-state index in [4.69, 9.17) is 0 Å². The van der Waals surface area contributed by atoms with Crippen LogP contribution in [-0.4, -0.2) is 47.2 Å². The third kappa shape index (κ3) is 7.66. The molecule has 6 nitrogen and oxygen atoms in total. The van der Waals surface area contributed by atoms with Crippen molar-refractivity contribution in [3.05, 3.63) is 17.0 Å². The van der Waals surface area contributed by atoms with E-state index in [1.807, 2.05) is 6.92 Å². The van der Waals surface area contributed by atoms with Crippen LogP contribution in [0.4, 0.5) is 13.2 Å². The highest BCUT2D eigenvalue weighted by Gasteiger charge is 2.26. The molecule has 132 valence electrons. The molecule has 0 radical (unpaired) electrons. The lowest BCUT2D eigenvalue weighted by Crippen LogP contribution is -2.42. The number of nitrogens with one attached hydrogen (secondary N) is 3. The van der Waals surface area contributed by atoms with E-state index < -0.39 is 22.6 Å². The molecule has 0 spiro atoms.